The minimum absolute atomic E-state index is 0.128. The number of rotatable bonds is 5. The number of thioether (sulfide) groups is 1. The Labute approximate surface area is 200 Å². The van der Waals surface area contributed by atoms with Gasteiger partial charge in [0.1, 0.15) is 23.3 Å². The van der Waals surface area contributed by atoms with Crippen LogP contribution in [0, 0.1) is 17.6 Å². The molecule has 1 saturated heterocycles. The minimum atomic E-state index is -1.23. The lowest BCUT2D eigenvalue weighted by molar-refractivity contribution is -0.142. The zero-order chi connectivity index (χ0) is 24.3. The van der Waals surface area contributed by atoms with Crippen LogP contribution in [-0.2, 0) is 15.1 Å². The molecular formula is C24H25F2N3O4S. The molecule has 2 aliphatic rings. The number of hydrogen-bond acceptors (Lipinski definition) is 6. The first-order valence-corrected chi connectivity index (χ1v) is 11.9. The molecule has 2 aromatic carbocycles. The third kappa shape index (κ3) is 4.98. The first kappa shape index (κ1) is 24.3. The van der Waals surface area contributed by atoms with Crippen molar-refractivity contribution in [3.8, 4) is 0 Å². The fourth-order valence-corrected chi connectivity index (χ4v) is 5.34. The van der Waals surface area contributed by atoms with Crippen LogP contribution in [-0.4, -0.2) is 53.2 Å². The van der Waals surface area contributed by atoms with Crippen LogP contribution in [0.15, 0.2) is 53.5 Å². The van der Waals surface area contributed by atoms with E-state index < -0.39 is 29.3 Å². The van der Waals surface area contributed by atoms with Gasteiger partial charge in [0.15, 0.2) is 5.17 Å². The van der Waals surface area contributed by atoms with Crippen LogP contribution >= 0.6 is 11.8 Å². The number of aliphatic hydroxyl groups excluding tert-OH is 1. The smallest absolute Gasteiger partial charge is 0.257 e. The number of benzene rings is 2. The molecule has 7 nitrogen and oxygen atoms in total. The summed E-state index contributed by atoms with van der Waals surface area (Å²) in [6, 6.07) is 11.5. The number of amides is 2. The number of hydrogen-bond donors (Lipinski definition) is 3. The van der Waals surface area contributed by atoms with Crippen molar-refractivity contribution in [1.29, 1.82) is 0 Å². The van der Waals surface area contributed by atoms with E-state index in [0.717, 1.165) is 12.1 Å². The van der Waals surface area contributed by atoms with Crippen LogP contribution in [0.2, 0.25) is 0 Å². The molecule has 0 aromatic heterocycles. The number of ether oxygens (including phenoxy) is 1. The summed E-state index contributed by atoms with van der Waals surface area (Å²) in [6.45, 7) is 1.33. The number of aliphatic hydroxyl groups is 1. The molecule has 1 unspecified atom stereocenters. The Kier molecular flexibility index (Phi) is 7.30. The Morgan fingerprint density at radius 2 is 2.03 bits per heavy atom. The molecule has 2 heterocycles. The van der Waals surface area contributed by atoms with E-state index in [1.807, 2.05) is 0 Å². The van der Waals surface area contributed by atoms with Crippen molar-refractivity contribution in [1.82, 2.24) is 10.6 Å². The number of amidine groups is 1. The third-order valence-corrected chi connectivity index (χ3v) is 7.05. The van der Waals surface area contributed by atoms with Gasteiger partial charge in [-0.2, -0.15) is 0 Å². The highest BCUT2D eigenvalue weighted by Gasteiger charge is 2.51. The van der Waals surface area contributed by atoms with Gasteiger partial charge in [0.2, 0.25) is 5.91 Å². The van der Waals surface area contributed by atoms with Gasteiger partial charge in [-0.3, -0.25) is 9.59 Å². The molecule has 0 radical (unpaired) electrons. The Morgan fingerprint density at radius 3 is 2.74 bits per heavy atom. The quantitative estimate of drug-likeness (QED) is 0.600. The molecule has 4 rings (SSSR count). The SMILES string of the molecule is CC(CO)NC(=O)[C@H]1C[C@H]2CSC(NC(=O)c3ccccc3)=N[C@@]2(c2ccc(F)cc2F)CO1. The van der Waals surface area contributed by atoms with Crippen LogP contribution in [0.4, 0.5) is 8.78 Å². The molecule has 0 aliphatic carbocycles. The van der Waals surface area contributed by atoms with Gasteiger partial charge in [0.25, 0.3) is 5.91 Å². The van der Waals surface area contributed by atoms with Crippen molar-refractivity contribution in [3.05, 3.63) is 71.3 Å². The monoisotopic (exact) mass is 489 g/mol. The molecule has 2 aromatic rings. The van der Waals surface area contributed by atoms with E-state index in [1.54, 1.807) is 37.3 Å². The highest BCUT2D eigenvalue weighted by atomic mass is 32.2. The minimum Gasteiger partial charge on any atom is -0.394 e. The van der Waals surface area contributed by atoms with E-state index >= 15 is 0 Å². The molecule has 34 heavy (non-hydrogen) atoms. The number of aliphatic imine (C=N–C) groups is 1. The summed E-state index contributed by atoms with van der Waals surface area (Å²) in [7, 11) is 0. The Morgan fingerprint density at radius 1 is 1.26 bits per heavy atom. The van der Waals surface area contributed by atoms with Gasteiger partial charge >= 0.3 is 0 Å². The summed E-state index contributed by atoms with van der Waals surface area (Å²) in [4.78, 5) is 30.0. The average molecular weight is 490 g/mol. The normalized spacial score (nSPS) is 25.0. The van der Waals surface area contributed by atoms with Crippen molar-refractivity contribution >= 4 is 28.7 Å². The fourth-order valence-electron chi connectivity index (χ4n) is 4.17. The van der Waals surface area contributed by atoms with Crippen LogP contribution in [0.5, 0.6) is 0 Å². The van der Waals surface area contributed by atoms with Crippen LogP contribution in [0.25, 0.3) is 0 Å². The molecule has 1 fully saturated rings. The number of nitrogens with one attached hydrogen (secondary N) is 2. The molecule has 2 amide bonds. The summed E-state index contributed by atoms with van der Waals surface area (Å²) in [5, 5.41) is 15.0. The van der Waals surface area contributed by atoms with Gasteiger partial charge in [-0.15, -0.1) is 0 Å². The standard InChI is InChI=1S/C24H25F2N3O4S/c1-14(11-30)27-22(32)20-9-16-12-34-23(28-21(31)15-5-3-2-4-6-15)29-24(16,13-33-20)18-8-7-17(25)10-19(18)26/h2-8,10,14,16,20,30H,9,11-13H2,1H3,(H,27,32)(H,28,29,31)/t14?,16-,20+,24-/m0/s1. The van der Waals surface area contributed by atoms with Crippen molar-refractivity contribution in [2.45, 2.75) is 31.0 Å². The van der Waals surface area contributed by atoms with E-state index in [1.165, 1.54) is 17.8 Å². The van der Waals surface area contributed by atoms with Crippen molar-refractivity contribution in [2.75, 3.05) is 19.0 Å². The number of carbonyl (C=O) groups excluding carboxylic acids is 2. The van der Waals surface area contributed by atoms with E-state index in [9.17, 15) is 23.5 Å². The molecule has 0 saturated carbocycles. The van der Waals surface area contributed by atoms with Crippen LogP contribution < -0.4 is 10.6 Å². The summed E-state index contributed by atoms with van der Waals surface area (Å²) < 4.78 is 34.5. The summed E-state index contributed by atoms with van der Waals surface area (Å²) in [5.74, 6) is -2.08. The summed E-state index contributed by atoms with van der Waals surface area (Å²) in [5.41, 5.74) is -0.639. The van der Waals surface area contributed by atoms with Gasteiger partial charge in [-0.1, -0.05) is 36.0 Å². The molecular weight excluding hydrogens is 464 g/mol. The highest BCUT2D eigenvalue weighted by molar-refractivity contribution is 8.13. The number of nitrogens with zero attached hydrogens (tertiary/aromatic N) is 1. The predicted molar refractivity (Wildman–Crippen MR) is 124 cm³/mol. The lowest BCUT2D eigenvalue weighted by atomic mass is 9.75. The Hall–Kier alpha value is -2.82. The van der Waals surface area contributed by atoms with Crippen molar-refractivity contribution in [2.24, 2.45) is 10.9 Å². The Balaban J connectivity index is 1.64. The van der Waals surface area contributed by atoms with E-state index in [2.05, 4.69) is 10.6 Å². The van der Waals surface area contributed by atoms with Crippen molar-refractivity contribution < 1.29 is 28.2 Å². The lowest BCUT2D eigenvalue weighted by Crippen LogP contribution is -2.55. The third-order valence-electron chi connectivity index (χ3n) is 6.01. The molecule has 10 heteroatoms. The lowest BCUT2D eigenvalue weighted by Gasteiger charge is -2.46. The van der Waals surface area contributed by atoms with Crippen molar-refractivity contribution in [3.63, 3.8) is 0 Å². The molecule has 2 aliphatic heterocycles. The molecule has 4 atom stereocenters. The topological polar surface area (TPSA) is 100 Å². The van der Waals surface area contributed by atoms with Gasteiger partial charge in [0.05, 0.1) is 13.2 Å². The van der Waals surface area contributed by atoms with E-state index in [-0.39, 0.29) is 42.9 Å². The maximum absolute atomic E-state index is 15.0. The zero-order valence-corrected chi connectivity index (χ0v) is 19.3. The van der Waals surface area contributed by atoms with Crippen LogP contribution in [0.1, 0.15) is 29.3 Å². The summed E-state index contributed by atoms with van der Waals surface area (Å²) >= 11 is 1.30. The van der Waals surface area contributed by atoms with Gasteiger partial charge in [-0.25, -0.2) is 13.8 Å². The first-order chi connectivity index (χ1) is 16.3. The second-order valence-electron chi connectivity index (χ2n) is 8.42. The summed E-state index contributed by atoms with van der Waals surface area (Å²) in [6.07, 6.45) is -0.552. The molecule has 3 N–H and O–H groups in total. The number of fused-ring (bicyclic) bond motifs is 1. The fraction of sp³-hybridized carbons (Fsp3) is 0.375. The molecule has 0 spiro atoms. The number of carbonyl (C=O) groups is 2. The zero-order valence-electron chi connectivity index (χ0n) is 18.5. The maximum Gasteiger partial charge on any atom is 0.257 e. The largest absolute Gasteiger partial charge is 0.394 e. The van der Waals surface area contributed by atoms with Crippen LogP contribution in [0.3, 0.4) is 0 Å². The van der Waals surface area contributed by atoms with Gasteiger partial charge < -0.3 is 20.5 Å². The van der Waals surface area contributed by atoms with E-state index in [4.69, 9.17) is 9.73 Å². The maximum atomic E-state index is 15.0. The van der Waals surface area contributed by atoms with E-state index in [0.29, 0.717) is 16.5 Å². The predicted octanol–water partition coefficient (Wildman–Crippen LogP) is 2.60. The second kappa shape index (κ2) is 10.2. The van der Waals surface area contributed by atoms with Gasteiger partial charge in [0, 0.05) is 34.9 Å². The molecule has 180 valence electrons. The first-order valence-electron chi connectivity index (χ1n) is 10.9. The Bertz CT molecular complexity index is 1100. The average Bonchev–Trinajstić information content (AvgIpc) is 2.83. The second-order valence-corrected chi connectivity index (χ2v) is 9.43. The number of halogens is 2. The van der Waals surface area contributed by atoms with Gasteiger partial charge in [-0.05, 0) is 31.5 Å². The molecule has 0 bridgehead atoms. The highest BCUT2D eigenvalue weighted by Crippen LogP contribution is 2.47.